The number of likely N-dealkylation sites (N-methyl/N-ethyl adjacent to an activating group) is 1. The summed E-state index contributed by atoms with van der Waals surface area (Å²) in [5.74, 6) is 0.812. The summed E-state index contributed by atoms with van der Waals surface area (Å²) in [6.07, 6.45) is 1.12. The molecule has 5 nitrogen and oxygen atoms in total. The van der Waals surface area contributed by atoms with Gasteiger partial charge in [-0.3, -0.25) is 0 Å². The number of hydrogen-bond acceptors (Lipinski definition) is 5. The van der Waals surface area contributed by atoms with E-state index in [0.29, 0.717) is 6.61 Å². The normalized spacial score (nSPS) is 26.7. The zero-order chi connectivity index (χ0) is 13.6. The van der Waals surface area contributed by atoms with E-state index in [0.717, 1.165) is 37.8 Å². The van der Waals surface area contributed by atoms with Gasteiger partial charge in [0.1, 0.15) is 0 Å². The Balaban J connectivity index is 2.12. The number of hydrogen-bond donors (Lipinski definition) is 0. The zero-order valence-electron chi connectivity index (χ0n) is 12.2. The van der Waals surface area contributed by atoms with E-state index in [9.17, 15) is 0 Å². The molecule has 0 aliphatic carbocycles. The van der Waals surface area contributed by atoms with E-state index in [1.807, 2.05) is 19.0 Å². The molecule has 0 amide bonds. The molecule has 0 bridgehead atoms. The van der Waals surface area contributed by atoms with E-state index < -0.39 is 0 Å². The van der Waals surface area contributed by atoms with Gasteiger partial charge in [-0.05, 0) is 26.9 Å². The van der Waals surface area contributed by atoms with Crippen LogP contribution in [0.1, 0.15) is 23.4 Å². The molecule has 1 saturated heterocycles. The van der Waals surface area contributed by atoms with Crippen molar-refractivity contribution in [2.24, 2.45) is 0 Å². The molecular formula is C14H22N4O. The molecule has 104 valence electrons. The molecule has 5 heteroatoms. The molecule has 19 heavy (non-hydrogen) atoms. The van der Waals surface area contributed by atoms with Crippen molar-refractivity contribution in [3.63, 3.8) is 0 Å². The summed E-state index contributed by atoms with van der Waals surface area (Å²) in [6.45, 7) is 5.65. The van der Waals surface area contributed by atoms with Gasteiger partial charge in [0.15, 0.2) is 0 Å². The van der Waals surface area contributed by atoms with Gasteiger partial charge >= 0.3 is 0 Å². The lowest BCUT2D eigenvalue weighted by Gasteiger charge is -2.35. The van der Waals surface area contributed by atoms with Gasteiger partial charge in [0.2, 0.25) is 5.95 Å². The molecule has 1 aromatic rings. The number of anilines is 1. The van der Waals surface area contributed by atoms with Crippen LogP contribution in [0.15, 0.2) is 0 Å². The molecule has 2 aliphatic heterocycles. The Morgan fingerprint density at radius 1 is 1.32 bits per heavy atom. The molecule has 0 unspecified atom stereocenters. The highest BCUT2D eigenvalue weighted by atomic mass is 16.5. The second kappa shape index (κ2) is 4.42. The van der Waals surface area contributed by atoms with Crippen LogP contribution in [-0.4, -0.2) is 55.7 Å². The maximum atomic E-state index is 5.84. The lowest BCUT2D eigenvalue weighted by Crippen LogP contribution is -2.40. The van der Waals surface area contributed by atoms with Crippen LogP contribution >= 0.6 is 0 Å². The highest BCUT2D eigenvalue weighted by molar-refractivity contribution is 5.41. The topological polar surface area (TPSA) is 41.5 Å². The SMILES string of the molecule is Cc1nc(N(C)C)nc2c1COC[C@]21CCN(C)C1. The van der Waals surface area contributed by atoms with Gasteiger partial charge in [0, 0.05) is 31.9 Å². The van der Waals surface area contributed by atoms with E-state index in [-0.39, 0.29) is 5.41 Å². The van der Waals surface area contributed by atoms with Crippen LogP contribution in [0.2, 0.25) is 0 Å². The van der Waals surface area contributed by atoms with E-state index in [1.165, 1.54) is 11.3 Å². The predicted molar refractivity (Wildman–Crippen MR) is 74.5 cm³/mol. The summed E-state index contributed by atoms with van der Waals surface area (Å²) >= 11 is 0. The Labute approximate surface area is 114 Å². The molecule has 3 heterocycles. The average molecular weight is 262 g/mol. The third kappa shape index (κ3) is 2.01. The standard InChI is InChI=1S/C14H22N4O/c1-10-11-7-19-9-14(5-6-18(4)8-14)12(11)16-13(15-10)17(2)3/h5-9H2,1-4H3/t14-/m1/s1. The van der Waals surface area contributed by atoms with E-state index >= 15 is 0 Å². The van der Waals surface area contributed by atoms with Crippen LogP contribution in [0, 0.1) is 6.92 Å². The fraction of sp³-hybridized carbons (Fsp3) is 0.714. The smallest absolute Gasteiger partial charge is 0.225 e. The summed E-state index contributed by atoms with van der Waals surface area (Å²) in [5.41, 5.74) is 3.55. The first-order valence-electron chi connectivity index (χ1n) is 6.83. The summed E-state index contributed by atoms with van der Waals surface area (Å²) in [5, 5.41) is 0. The number of fused-ring (bicyclic) bond motifs is 2. The van der Waals surface area contributed by atoms with Crippen molar-refractivity contribution in [1.29, 1.82) is 0 Å². The molecule has 1 spiro atoms. The molecule has 1 fully saturated rings. The van der Waals surface area contributed by atoms with Crippen LogP contribution in [0.5, 0.6) is 0 Å². The van der Waals surface area contributed by atoms with Crippen LogP contribution in [0.4, 0.5) is 5.95 Å². The monoisotopic (exact) mass is 262 g/mol. The fourth-order valence-electron chi connectivity index (χ4n) is 3.20. The van der Waals surface area contributed by atoms with Gasteiger partial charge in [-0.1, -0.05) is 0 Å². The number of likely N-dealkylation sites (tertiary alicyclic amines) is 1. The highest BCUT2D eigenvalue weighted by Gasteiger charge is 2.44. The first-order valence-corrected chi connectivity index (χ1v) is 6.83. The lowest BCUT2D eigenvalue weighted by atomic mass is 9.80. The Hall–Kier alpha value is -1.20. The number of aromatic nitrogens is 2. The molecule has 0 aromatic carbocycles. The Morgan fingerprint density at radius 2 is 2.11 bits per heavy atom. The molecule has 0 radical (unpaired) electrons. The van der Waals surface area contributed by atoms with Gasteiger partial charge in [-0.25, -0.2) is 9.97 Å². The number of rotatable bonds is 1. The van der Waals surface area contributed by atoms with E-state index in [4.69, 9.17) is 9.72 Å². The van der Waals surface area contributed by atoms with Crippen molar-refractivity contribution >= 4 is 5.95 Å². The summed E-state index contributed by atoms with van der Waals surface area (Å²) in [4.78, 5) is 13.8. The van der Waals surface area contributed by atoms with Crippen molar-refractivity contribution < 1.29 is 4.74 Å². The van der Waals surface area contributed by atoms with Crippen molar-refractivity contribution in [2.75, 3.05) is 45.7 Å². The van der Waals surface area contributed by atoms with Crippen molar-refractivity contribution in [1.82, 2.24) is 14.9 Å². The minimum absolute atomic E-state index is 0.0702. The molecule has 0 saturated carbocycles. The van der Waals surface area contributed by atoms with Crippen LogP contribution < -0.4 is 4.90 Å². The minimum Gasteiger partial charge on any atom is -0.376 e. The largest absolute Gasteiger partial charge is 0.376 e. The summed E-state index contributed by atoms with van der Waals surface area (Å²) in [6, 6.07) is 0. The maximum Gasteiger partial charge on any atom is 0.225 e. The predicted octanol–water partition coefficient (Wildman–Crippen LogP) is 0.955. The number of aryl methyl sites for hydroxylation is 1. The molecule has 2 aliphatic rings. The molecule has 1 atom stereocenters. The van der Waals surface area contributed by atoms with Crippen LogP contribution in [-0.2, 0) is 16.8 Å². The number of nitrogens with zero attached hydrogens (tertiary/aromatic N) is 4. The zero-order valence-corrected chi connectivity index (χ0v) is 12.2. The molecule has 3 rings (SSSR count). The minimum atomic E-state index is 0.0702. The van der Waals surface area contributed by atoms with E-state index in [1.54, 1.807) is 0 Å². The van der Waals surface area contributed by atoms with Crippen molar-refractivity contribution in [3.05, 3.63) is 17.0 Å². The highest BCUT2D eigenvalue weighted by Crippen LogP contribution is 2.39. The first kappa shape index (κ1) is 12.8. The maximum absolute atomic E-state index is 5.84. The lowest BCUT2D eigenvalue weighted by molar-refractivity contribution is 0.0511. The first-order chi connectivity index (χ1) is 9.02. The van der Waals surface area contributed by atoms with Crippen LogP contribution in [0.3, 0.4) is 0 Å². The fourth-order valence-corrected chi connectivity index (χ4v) is 3.20. The van der Waals surface area contributed by atoms with E-state index in [2.05, 4.69) is 23.9 Å². The third-order valence-corrected chi connectivity index (χ3v) is 4.27. The third-order valence-electron chi connectivity index (χ3n) is 4.27. The molecule has 1 aromatic heterocycles. The Morgan fingerprint density at radius 3 is 2.74 bits per heavy atom. The Bertz CT molecular complexity index is 502. The van der Waals surface area contributed by atoms with Gasteiger partial charge in [-0.15, -0.1) is 0 Å². The van der Waals surface area contributed by atoms with Gasteiger partial charge in [-0.2, -0.15) is 0 Å². The molecule has 0 N–H and O–H groups in total. The summed E-state index contributed by atoms with van der Waals surface area (Å²) in [7, 11) is 6.16. The molecular weight excluding hydrogens is 240 g/mol. The second-order valence-electron chi connectivity index (χ2n) is 6.09. The van der Waals surface area contributed by atoms with Gasteiger partial charge in [0.05, 0.1) is 24.3 Å². The average Bonchev–Trinajstić information content (AvgIpc) is 2.72. The quantitative estimate of drug-likeness (QED) is 0.754. The van der Waals surface area contributed by atoms with Crippen molar-refractivity contribution in [3.8, 4) is 0 Å². The van der Waals surface area contributed by atoms with Gasteiger partial charge < -0.3 is 14.5 Å². The summed E-state index contributed by atoms with van der Waals surface area (Å²) < 4.78 is 5.84. The van der Waals surface area contributed by atoms with Gasteiger partial charge in [0.25, 0.3) is 0 Å². The second-order valence-corrected chi connectivity index (χ2v) is 6.09. The number of ether oxygens (including phenoxy) is 1. The van der Waals surface area contributed by atoms with Crippen molar-refractivity contribution in [2.45, 2.75) is 25.4 Å². The van der Waals surface area contributed by atoms with Crippen LogP contribution in [0.25, 0.3) is 0 Å². The Kier molecular flexibility index (Phi) is 2.98.